The lowest BCUT2D eigenvalue weighted by Crippen LogP contribution is -2.42. The number of aliphatic imine (C=N–C) groups is 1. The predicted octanol–water partition coefficient (Wildman–Crippen LogP) is 1.05. The van der Waals surface area contributed by atoms with Gasteiger partial charge in [-0.15, -0.1) is 24.0 Å². The van der Waals surface area contributed by atoms with Gasteiger partial charge in [-0.05, 0) is 12.1 Å². The van der Waals surface area contributed by atoms with Crippen LogP contribution in [-0.2, 0) is 9.53 Å². The quantitative estimate of drug-likeness (QED) is 0.396. The molecule has 1 aromatic carbocycles. The number of halogens is 1. The van der Waals surface area contributed by atoms with Gasteiger partial charge in [-0.1, -0.05) is 0 Å². The van der Waals surface area contributed by atoms with Crippen LogP contribution in [0.2, 0.25) is 0 Å². The van der Waals surface area contributed by atoms with Gasteiger partial charge in [0.2, 0.25) is 5.91 Å². The van der Waals surface area contributed by atoms with Crippen molar-refractivity contribution in [3.63, 3.8) is 0 Å². The van der Waals surface area contributed by atoms with Gasteiger partial charge in [0.25, 0.3) is 0 Å². The third kappa shape index (κ3) is 5.63. The number of anilines is 1. The summed E-state index contributed by atoms with van der Waals surface area (Å²) in [4.78, 5) is 17.9. The average molecular weight is 462 g/mol. The van der Waals surface area contributed by atoms with Crippen LogP contribution in [0.1, 0.15) is 6.42 Å². The molecule has 3 rings (SSSR count). The van der Waals surface area contributed by atoms with Crippen LogP contribution in [0.25, 0.3) is 0 Å². The Bertz CT molecular complexity index is 620. The zero-order chi connectivity index (χ0) is 16.8. The van der Waals surface area contributed by atoms with Crippen molar-refractivity contribution < 1.29 is 19.0 Å². The summed E-state index contributed by atoms with van der Waals surface area (Å²) in [7, 11) is 0. The van der Waals surface area contributed by atoms with Crippen molar-refractivity contribution in [3.05, 3.63) is 18.2 Å². The molecule has 8 nitrogen and oxygen atoms in total. The summed E-state index contributed by atoms with van der Waals surface area (Å²) in [6.45, 7) is 3.62. The molecule has 0 spiro atoms. The minimum Gasteiger partial charge on any atom is -0.490 e. The van der Waals surface area contributed by atoms with Crippen LogP contribution < -0.4 is 20.5 Å². The van der Waals surface area contributed by atoms with E-state index >= 15 is 0 Å². The molecule has 3 N–H and O–H groups in total. The molecule has 1 fully saturated rings. The van der Waals surface area contributed by atoms with Crippen molar-refractivity contribution in [2.24, 2.45) is 10.7 Å². The average Bonchev–Trinajstić information content (AvgIpc) is 2.85. The summed E-state index contributed by atoms with van der Waals surface area (Å²) < 4.78 is 16.4. The lowest BCUT2D eigenvalue weighted by molar-refractivity contribution is -0.133. The Morgan fingerprint density at radius 1 is 1.16 bits per heavy atom. The Morgan fingerprint density at radius 3 is 2.64 bits per heavy atom. The van der Waals surface area contributed by atoms with E-state index in [4.69, 9.17) is 19.9 Å². The Balaban J connectivity index is 0.00000225. The van der Waals surface area contributed by atoms with Gasteiger partial charge in [-0.25, -0.2) is 4.99 Å². The molecule has 1 amide bonds. The Labute approximate surface area is 163 Å². The maximum absolute atomic E-state index is 12.0. The van der Waals surface area contributed by atoms with Crippen LogP contribution in [0.4, 0.5) is 5.69 Å². The molecule has 25 heavy (non-hydrogen) atoms. The fourth-order valence-electron chi connectivity index (χ4n) is 2.49. The highest BCUT2D eigenvalue weighted by atomic mass is 127. The second kappa shape index (κ2) is 9.66. The van der Waals surface area contributed by atoms with Gasteiger partial charge in [-0.2, -0.15) is 0 Å². The van der Waals surface area contributed by atoms with Gasteiger partial charge in [0, 0.05) is 31.3 Å². The number of amides is 1. The predicted molar refractivity (Wildman–Crippen MR) is 105 cm³/mol. The van der Waals surface area contributed by atoms with Gasteiger partial charge in [0.1, 0.15) is 6.54 Å². The van der Waals surface area contributed by atoms with E-state index in [1.807, 2.05) is 18.2 Å². The Hall–Kier alpha value is -1.75. The molecule has 2 aliphatic rings. The first-order valence-corrected chi connectivity index (χ1v) is 8.04. The molecule has 2 aliphatic heterocycles. The SMILES string of the molecule is I.NC(=NCC(=O)N1CCOCC1)Nc1ccc2c(c1)OCCCO2. The summed E-state index contributed by atoms with van der Waals surface area (Å²) in [5.74, 6) is 1.53. The minimum atomic E-state index is -0.0540. The standard InChI is InChI=1S/C16H22N4O4.HI/c17-16(18-11-15(21)20-4-8-22-9-5-20)19-12-2-3-13-14(10-12)24-7-1-6-23-13;/h2-3,10H,1,4-9,11H2,(H3,17,18,19);1H. The highest BCUT2D eigenvalue weighted by Gasteiger charge is 2.16. The van der Waals surface area contributed by atoms with Crippen LogP contribution >= 0.6 is 24.0 Å². The highest BCUT2D eigenvalue weighted by Crippen LogP contribution is 2.32. The van der Waals surface area contributed by atoms with E-state index in [2.05, 4.69) is 10.3 Å². The van der Waals surface area contributed by atoms with E-state index in [9.17, 15) is 4.79 Å². The number of carbonyl (C=O) groups is 1. The van der Waals surface area contributed by atoms with Crippen molar-refractivity contribution in [1.29, 1.82) is 0 Å². The fourth-order valence-corrected chi connectivity index (χ4v) is 2.49. The Kier molecular flexibility index (Phi) is 7.56. The number of hydrogen-bond donors (Lipinski definition) is 2. The molecule has 1 aromatic rings. The molecule has 1 saturated heterocycles. The normalized spacial score (nSPS) is 17.3. The molecule has 9 heteroatoms. The molecular weight excluding hydrogens is 439 g/mol. The van der Waals surface area contributed by atoms with Gasteiger partial charge >= 0.3 is 0 Å². The number of nitrogens with zero attached hydrogens (tertiary/aromatic N) is 2. The van der Waals surface area contributed by atoms with Gasteiger partial charge in [0.15, 0.2) is 17.5 Å². The zero-order valence-electron chi connectivity index (χ0n) is 13.9. The summed E-state index contributed by atoms with van der Waals surface area (Å²) >= 11 is 0. The molecule has 0 aliphatic carbocycles. The summed E-state index contributed by atoms with van der Waals surface area (Å²) in [6.07, 6.45) is 0.852. The second-order valence-corrected chi connectivity index (χ2v) is 5.53. The third-order valence-electron chi connectivity index (χ3n) is 3.77. The van der Waals surface area contributed by atoms with Crippen LogP contribution in [0, 0.1) is 0 Å². The van der Waals surface area contributed by atoms with E-state index in [0.717, 1.165) is 17.9 Å². The topological polar surface area (TPSA) is 98.4 Å². The number of morpholine rings is 1. The van der Waals surface area contributed by atoms with Crippen molar-refractivity contribution in [1.82, 2.24) is 4.90 Å². The van der Waals surface area contributed by atoms with Crippen molar-refractivity contribution in [3.8, 4) is 11.5 Å². The molecule has 0 saturated carbocycles. The molecule has 0 atom stereocenters. The van der Waals surface area contributed by atoms with Crippen LogP contribution in [-0.4, -0.2) is 62.8 Å². The van der Waals surface area contributed by atoms with Gasteiger partial charge < -0.3 is 30.2 Å². The first-order chi connectivity index (χ1) is 11.7. The van der Waals surface area contributed by atoms with Crippen LogP contribution in [0.15, 0.2) is 23.2 Å². The Morgan fingerprint density at radius 2 is 1.88 bits per heavy atom. The van der Waals surface area contributed by atoms with Crippen molar-refractivity contribution in [2.45, 2.75) is 6.42 Å². The van der Waals surface area contributed by atoms with E-state index in [-0.39, 0.29) is 42.4 Å². The first kappa shape index (κ1) is 19.6. The van der Waals surface area contributed by atoms with E-state index in [1.54, 1.807) is 4.90 Å². The van der Waals surface area contributed by atoms with Gasteiger partial charge in [0.05, 0.1) is 26.4 Å². The first-order valence-electron chi connectivity index (χ1n) is 8.04. The van der Waals surface area contributed by atoms with E-state index in [0.29, 0.717) is 45.3 Å². The van der Waals surface area contributed by atoms with Crippen molar-refractivity contribution in [2.75, 3.05) is 51.4 Å². The van der Waals surface area contributed by atoms with Crippen LogP contribution in [0.5, 0.6) is 11.5 Å². The highest BCUT2D eigenvalue weighted by molar-refractivity contribution is 14.0. The molecule has 0 unspecified atom stereocenters. The molecule has 2 heterocycles. The summed E-state index contributed by atoms with van der Waals surface area (Å²) in [5.41, 5.74) is 6.60. The second-order valence-electron chi connectivity index (χ2n) is 5.53. The monoisotopic (exact) mass is 462 g/mol. The van der Waals surface area contributed by atoms with Crippen LogP contribution in [0.3, 0.4) is 0 Å². The summed E-state index contributed by atoms with van der Waals surface area (Å²) in [5, 5.41) is 2.97. The fraction of sp³-hybridized carbons (Fsp3) is 0.500. The summed E-state index contributed by atoms with van der Waals surface area (Å²) in [6, 6.07) is 5.47. The number of nitrogens with two attached hydrogens (primary N) is 1. The number of nitrogens with one attached hydrogen (secondary N) is 1. The maximum atomic E-state index is 12.0. The van der Waals surface area contributed by atoms with Crippen molar-refractivity contribution >= 4 is 41.5 Å². The maximum Gasteiger partial charge on any atom is 0.244 e. The molecule has 0 bridgehead atoms. The number of ether oxygens (including phenoxy) is 3. The zero-order valence-corrected chi connectivity index (χ0v) is 16.2. The number of hydrogen-bond acceptors (Lipinski definition) is 5. The number of rotatable bonds is 3. The van der Waals surface area contributed by atoms with Gasteiger partial charge in [-0.3, -0.25) is 4.79 Å². The largest absolute Gasteiger partial charge is 0.490 e. The molecule has 138 valence electrons. The lowest BCUT2D eigenvalue weighted by Gasteiger charge is -2.26. The smallest absolute Gasteiger partial charge is 0.244 e. The van der Waals surface area contributed by atoms with E-state index < -0.39 is 0 Å². The number of fused-ring (bicyclic) bond motifs is 1. The molecular formula is C16H23IN4O4. The number of benzene rings is 1. The van der Waals surface area contributed by atoms with E-state index in [1.165, 1.54) is 0 Å². The molecule has 0 aromatic heterocycles. The number of carbonyl (C=O) groups excluding carboxylic acids is 1. The number of guanidine groups is 1. The third-order valence-corrected chi connectivity index (χ3v) is 3.77. The molecule has 0 radical (unpaired) electrons. The lowest BCUT2D eigenvalue weighted by atomic mass is 10.3. The minimum absolute atomic E-state index is 0.